The van der Waals surface area contributed by atoms with Gasteiger partial charge in [0, 0.05) is 28.3 Å². The lowest BCUT2D eigenvalue weighted by Crippen LogP contribution is -2.10. The van der Waals surface area contributed by atoms with Gasteiger partial charge < -0.3 is 5.32 Å². The number of nitrogens with one attached hydrogen (secondary N) is 1. The SMILES string of the molecule is CCCNc1ncc(CSc2ccc(C(C)(C)C)cc2)s1. The molecule has 2 rings (SSSR count). The first-order chi connectivity index (χ1) is 9.99. The van der Waals surface area contributed by atoms with Crippen LogP contribution in [0.5, 0.6) is 0 Å². The molecule has 0 radical (unpaired) electrons. The molecule has 0 spiro atoms. The highest BCUT2D eigenvalue weighted by atomic mass is 32.2. The van der Waals surface area contributed by atoms with Gasteiger partial charge in [0.15, 0.2) is 5.13 Å². The normalized spacial score (nSPS) is 11.6. The third-order valence-corrected chi connectivity index (χ3v) is 5.38. The van der Waals surface area contributed by atoms with Crippen LogP contribution in [-0.2, 0) is 11.2 Å². The minimum absolute atomic E-state index is 0.223. The molecular weight excluding hydrogens is 296 g/mol. The van der Waals surface area contributed by atoms with Gasteiger partial charge in [-0.1, -0.05) is 39.8 Å². The molecule has 0 aliphatic carbocycles. The molecule has 1 N–H and O–H groups in total. The summed E-state index contributed by atoms with van der Waals surface area (Å²) in [6.07, 6.45) is 3.11. The van der Waals surface area contributed by atoms with E-state index in [2.05, 4.69) is 62.3 Å². The molecule has 1 heterocycles. The van der Waals surface area contributed by atoms with E-state index in [-0.39, 0.29) is 5.41 Å². The Labute approximate surface area is 136 Å². The molecule has 21 heavy (non-hydrogen) atoms. The van der Waals surface area contributed by atoms with Crippen molar-refractivity contribution >= 4 is 28.2 Å². The van der Waals surface area contributed by atoms with Crippen molar-refractivity contribution in [3.8, 4) is 0 Å². The minimum Gasteiger partial charge on any atom is -0.362 e. The highest BCUT2D eigenvalue weighted by Gasteiger charge is 2.12. The molecule has 0 unspecified atom stereocenters. The lowest BCUT2D eigenvalue weighted by atomic mass is 9.87. The van der Waals surface area contributed by atoms with E-state index in [9.17, 15) is 0 Å². The molecule has 0 amide bonds. The van der Waals surface area contributed by atoms with E-state index >= 15 is 0 Å². The fourth-order valence-corrected chi connectivity index (χ4v) is 3.65. The van der Waals surface area contributed by atoms with Gasteiger partial charge in [0.2, 0.25) is 0 Å². The average Bonchev–Trinajstić information content (AvgIpc) is 2.90. The van der Waals surface area contributed by atoms with Gasteiger partial charge in [-0.15, -0.1) is 23.1 Å². The molecule has 0 bridgehead atoms. The van der Waals surface area contributed by atoms with Crippen LogP contribution in [0.1, 0.15) is 44.6 Å². The standard InChI is InChI=1S/C17H24N2S2/c1-5-10-18-16-19-11-15(21-16)12-20-14-8-6-13(7-9-14)17(2,3)4/h6-9,11H,5,10,12H2,1-4H3,(H,18,19). The highest BCUT2D eigenvalue weighted by Crippen LogP contribution is 2.29. The summed E-state index contributed by atoms with van der Waals surface area (Å²) in [5.41, 5.74) is 1.61. The Morgan fingerprint density at radius 2 is 1.90 bits per heavy atom. The summed E-state index contributed by atoms with van der Waals surface area (Å²) in [6.45, 7) is 9.90. The molecule has 0 saturated carbocycles. The van der Waals surface area contributed by atoms with Gasteiger partial charge in [-0.2, -0.15) is 0 Å². The Hall–Kier alpha value is -1.00. The van der Waals surface area contributed by atoms with Gasteiger partial charge >= 0.3 is 0 Å². The predicted molar refractivity (Wildman–Crippen MR) is 95.6 cm³/mol. The largest absolute Gasteiger partial charge is 0.362 e. The van der Waals surface area contributed by atoms with Crippen molar-refractivity contribution in [3.05, 3.63) is 40.9 Å². The van der Waals surface area contributed by atoms with Gasteiger partial charge in [-0.25, -0.2) is 4.98 Å². The molecule has 0 atom stereocenters. The molecule has 0 saturated heterocycles. The summed E-state index contributed by atoms with van der Waals surface area (Å²) >= 11 is 3.63. The zero-order chi connectivity index (χ0) is 15.3. The third-order valence-electron chi connectivity index (χ3n) is 3.18. The maximum atomic E-state index is 4.41. The van der Waals surface area contributed by atoms with Gasteiger partial charge in [-0.05, 0) is 29.5 Å². The summed E-state index contributed by atoms with van der Waals surface area (Å²) < 4.78 is 0. The maximum Gasteiger partial charge on any atom is 0.182 e. The summed E-state index contributed by atoms with van der Waals surface area (Å²) in [5, 5.41) is 4.37. The Bertz CT molecular complexity index is 553. The summed E-state index contributed by atoms with van der Waals surface area (Å²) in [4.78, 5) is 7.04. The van der Waals surface area contributed by atoms with Crippen LogP contribution in [0, 0.1) is 0 Å². The molecule has 0 aliphatic heterocycles. The first kappa shape index (κ1) is 16.4. The molecule has 0 fully saturated rings. The number of nitrogens with zero attached hydrogens (tertiary/aromatic N) is 1. The minimum atomic E-state index is 0.223. The molecule has 114 valence electrons. The molecule has 1 aromatic carbocycles. The Morgan fingerprint density at radius 1 is 1.19 bits per heavy atom. The van der Waals surface area contributed by atoms with Crippen molar-refractivity contribution in [2.45, 2.75) is 50.2 Å². The topological polar surface area (TPSA) is 24.9 Å². The van der Waals surface area contributed by atoms with Gasteiger partial charge in [-0.3, -0.25) is 0 Å². The van der Waals surface area contributed by atoms with Crippen LogP contribution in [-0.4, -0.2) is 11.5 Å². The number of hydrogen-bond donors (Lipinski definition) is 1. The van der Waals surface area contributed by atoms with E-state index in [4.69, 9.17) is 0 Å². The fraction of sp³-hybridized carbons (Fsp3) is 0.471. The summed E-state index contributed by atoms with van der Waals surface area (Å²) in [6, 6.07) is 8.93. The second-order valence-corrected chi connectivity index (χ2v) is 8.29. The summed E-state index contributed by atoms with van der Waals surface area (Å²) in [7, 11) is 0. The second-order valence-electron chi connectivity index (χ2n) is 6.12. The number of anilines is 1. The van der Waals surface area contributed by atoms with Crippen LogP contribution < -0.4 is 5.32 Å². The van der Waals surface area contributed by atoms with Gasteiger partial charge in [0.05, 0.1) is 0 Å². The van der Waals surface area contributed by atoms with Crippen molar-refractivity contribution < 1.29 is 0 Å². The van der Waals surface area contributed by atoms with Gasteiger partial charge in [0.1, 0.15) is 0 Å². The number of aromatic nitrogens is 1. The highest BCUT2D eigenvalue weighted by molar-refractivity contribution is 7.98. The maximum absolute atomic E-state index is 4.41. The number of rotatable bonds is 6. The van der Waals surface area contributed by atoms with Crippen LogP contribution >= 0.6 is 23.1 Å². The van der Waals surface area contributed by atoms with E-state index < -0.39 is 0 Å². The number of thiazole rings is 1. The Kier molecular flexibility index (Phi) is 5.71. The summed E-state index contributed by atoms with van der Waals surface area (Å²) in [5.74, 6) is 0.986. The van der Waals surface area contributed by atoms with Crippen LogP contribution in [0.25, 0.3) is 0 Å². The average molecular weight is 321 g/mol. The molecule has 2 aromatic rings. The molecule has 0 aliphatic rings. The zero-order valence-corrected chi connectivity index (χ0v) is 14.9. The molecule has 1 aromatic heterocycles. The molecular formula is C17H24N2S2. The lowest BCUT2D eigenvalue weighted by molar-refractivity contribution is 0.590. The number of benzene rings is 1. The van der Waals surface area contributed by atoms with Crippen molar-refractivity contribution in [1.82, 2.24) is 4.98 Å². The first-order valence-corrected chi connectivity index (χ1v) is 9.21. The van der Waals surface area contributed by atoms with E-state index in [1.807, 2.05) is 18.0 Å². The van der Waals surface area contributed by atoms with Crippen LogP contribution in [0.4, 0.5) is 5.13 Å². The zero-order valence-electron chi connectivity index (χ0n) is 13.3. The van der Waals surface area contributed by atoms with Crippen LogP contribution in [0.3, 0.4) is 0 Å². The van der Waals surface area contributed by atoms with Crippen molar-refractivity contribution in [3.63, 3.8) is 0 Å². The Morgan fingerprint density at radius 3 is 2.52 bits per heavy atom. The third kappa shape index (κ3) is 5.04. The predicted octanol–water partition coefficient (Wildman–Crippen LogP) is 5.55. The van der Waals surface area contributed by atoms with E-state index in [0.29, 0.717) is 0 Å². The van der Waals surface area contributed by atoms with Crippen LogP contribution in [0.2, 0.25) is 0 Å². The van der Waals surface area contributed by atoms with Crippen molar-refractivity contribution in [1.29, 1.82) is 0 Å². The van der Waals surface area contributed by atoms with Gasteiger partial charge in [0.25, 0.3) is 0 Å². The van der Waals surface area contributed by atoms with Crippen LogP contribution in [0.15, 0.2) is 35.4 Å². The number of thioether (sulfide) groups is 1. The van der Waals surface area contributed by atoms with E-state index in [1.165, 1.54) is 15.3 Å². The first-order valence-electron chi connectivity index (χ1n) is 7.41. The van der Waals surface area contributed by atoms with Crippen molar-refractivity contribution in [2.24, 2.45) is 0 Å². The Balaban J connectivity index is 1.89. The fourth-order valence-electron chi connectivity index (χ4n) is 1.89. The molecule has 2 nitrogen and oxygen atoms in total. The second kappa shape index (κ2) is 7.32. The van der Waals surface area contributed by atoms with E-state index in [0.717, 1.165) is 23.8 Å². The molecule has 4 heteroatoms. The van der Waals surface area contributed by atoms with E-state index in [1.54, 1.807) is 11.3 Å². The monoisotopic (exact) mass is 320 g/mol. The lowest BCUT2D eigenvalue weighted by Gasteiger charge is -2.18. The smallest absolute Gasteiger partial charge is 0.182 e. The number of hydrogen-bond acceptors (Lipinski definition) is 4. The van der Waals surface area contributed by atoms with Crippen molar-refractivity contribution in [2.75, 3.05) is 11.9 Å². The quantitative estimate of drug-likeness (QED) is 0.706.